The van der Waals surface area contributed by atoms with Gasteiger partial charge in [-0.15, -0.1) is 0 Å². The normalized spacial score (nSPS) is 11.1. The summed E-state index contributed by atoms with van der Waals surface area (Å²) in [6, 6.07) is 0. The van der Waals surface area contributed by atoms with Crippen LogP contribution in [0.25, 0.3) is 0 Å². The largest absolute Gasteiger partial charge is 0.381 e. The first-order chi connectivity index (χ1) is 6.77. The molecule has 0 saturated carbocycles. The molecule has 0 aliphatic heterocycles. The van der Waals surface area contributed by atoms with Gasteiger partial charge in [0.2, 0.25) is 0 Å². The average Bonchev–Trinajstić information content (AvgIpc) is 2.15. The molecule has 86 valence electrons. The number of hydrazine groups is 1. The van der Waals surface area contributed by atoms with Gasteiger partial charge in [-0.1, -0.05) is 32.6 Å². The number of nitrogens with two attached hydrogens (primary N) is 1. The number of hydrogen-bond donors (Lipinski definition) is 1. The van der Waals surface area contributed by atoms with Gasteiger partial charge in [-0.25, -0.2) is 0 Å². The highest BCUT2D eigenvalue weighted by molar-refractivity contribution is 4.43. The minimum absolute atomic E-state index is 0.843. The van der Waals surface area contributed by atoms with Crippen molar-refractivity contribution in [2.45, 2.75) is 45.4 Å². The zero-order valence-corrected chi connectivity index (χ0v) is 9.80. The Kier molecular flexibility index (Phi) is 10.9. The lowest BCUT2D eigenvalue weighted by molar-refractivity contribution is 0.120. The van der Waals surface area contributed by atoms with Crippen molar-refractivity contribution in [1.82, 2.24) is 5.01 Å². The molecule has 0 bridgehead atoms. The third-order valence-corrected chi connectivity index (χ3v) is 2.19. The first-order valence-electron chi connectivity index (χ1n) is 5.81. The summed E-state index contributed by atoms with van der Waals surface area (Å²) >= 11 is 0. The van der Waals surface area contributed by atoms with Crippen LogP contribution in [0.4, 0.5) is 0 Å². The van der Waals surface area contributed by atoms with Crippen molar-refractivity contribution in [1.29, 1.82) is 0 Å². The highest BCUT2D eigenvalue weighted by Gasteiger charge is 1.92. The molecule has 3 heteroatoms. The highest BCUT2D eigenvalue weighted by Crippen LogP contribution is 2.02. The van der Waals surface area contributed by atoms with E-state index in [0.717, 1.165) is 26.2 Å². The van der Waals surface area contributed by atoms with Crippen LogP contribution >= 0.6 is 0 Å². The van der Waals surface area contributed by atoms with Crippen molar-refractivity contribution in [3.63, 3.8) is 0 Å². The molecule has 0 heterocycles. The number of nitrogens with zero attached hydrogens (tertiary/aromatic N) is 1. The summed E-state index contributed by atoms with van der Waals surface area (Å²) in [4.78, 5) is 0. The Labute approximate surface area is 88.6 Å². The van der Waals surface area contributed by atoms with E-state index in [1.165, 1.54) is 32.1 Å². The molecule has 0 atom stereocenters. The van der Waals surface area contributed by atoms with Crippen molar-refractivity contribution >= 4 is 0 Å². The van der Waals surface area contributed by atoms with Crippen LogP contribution in [0.5, 0.6) is 0 Å². The van der Waals surface area contributed by atoms with Crippen LogP contribution in [0.1, 0.15) is 45.4 Å². The van der Waals surface area contributed by atoms with Crippen LogP contribution in [0, 0.1) is 0 Å². The smallest absolute Gasteiger partial charge is 0.0478 e. The zero-order chi connectivity index (χ0) is 10.6. The van der Waals surface area contributed by atoms with E-state index in [4.69, 9.17) is 10.6 Å². The molecule has 0 amide bonds. The maximum atomic E-state index is 5.48. The van der Waals surface area contributed by atoms with Gasteiger partial charge in [0.15, 0.2) is 0 Å². The third kappa shape index (κ3) is 11.9. The van der Waals surface area contributed by atoms with E-state index in [0.29, 0.717) is 0 Å². The number of hydrogen-bond acceptors (Lipinski definition) is 3. The summed E-state index contributed by atoms with van der Waals surface area (Å²) in [5.74, 6) is 5.47. The molecule has 0 aliphatic rings. The maximum absolute atomic E-state index is 5.48. The summed E-state index contributed by atoms with van der Waals surface area (Å²) in [7, 11) is 1.88. The Balaban J connectivity index is 2.85. The Bertz CT molecular complexity index is 107. The molecule has 14 heavy (non-hydrogen) atoms. The van der Waals surface area contributed by atoms with E-state index in [1.807, 2.05) is 7.05 Å². The molecule has 0 spiro atoms. The molecule has 2 N–H and O–H groups in total. The van der Waals surface area contributed by atoms with Gasteiger partial charge in [0, 0.05) is 26.8 Å². The molecule has 0 fully saturated rings. The molecule has 0 radical (unpaired) electrons. The van der Waals surface area contributed by atoms with Gasteiger partial charge < -0.3 is 4.74 Å². The Morgan fingerprint density at radius 2 is 1.64 bits per heavy atom. The van der Waals surface area contributed by atoms with E-state index in [9.17, 15) is 0 Å². The van der Waals surface area contributed by atoms with Gasteiger partial charge in [-0.3, -0.25) is 10.9 Å². The lowest BCUT2D eigenvalue weighted by Crippen LogP contribution is -2.27. The van der Waals surface area contributed by atoms with E-state index in [1.54, 1.807) is 5.01 Å². The highest BCUT2D eigenvalue weighted by atomic mass is 16.5. The summed E-state index contributed by atoms with van der Waals surface area (Å²) in [5, 5.41) is 1.70. The minimum Gasteiger partial charge on any atom is -0.381 e. The molecule has 0 unspecified atom stereocenters. The van der Waals surface area contributed by atoms with Gasteiger partial charge in [-0.2, -0.15) is 0 Å². The third-order valence-electron chi connectivity index (χ3n) is 2.19. The van der Waals surface area contributed by atoms with Gasteiger partial charge in [0.05, 0.1) is 0 Å². The molecule has 3 nitrogen and oxygen atoms in total. The number of unbranched alkanes of at least 4 members (excludes halogenated alkanes) is 4. The fourth-order valence-electron chi connectivity index (χ4n) is 1.33. The summed E-state index contributed by atoms with van der Waals surface area (Å²) in [6.07, 6.45) is 7.57. The first kappa shape index (κ1) is 13.9. The van der Waals surface area contributed by atoms with E-state index < -0.39 is 0 Å². The van der Waals surface area contributed by atoms with Crippen LogP contribution in [0.15, 0.2) is 0 Å². The molecule has 0 aromatic carbocycles. The predicted octanol–water partition coefficient (Wildman–Crippen LogP) is 2.17. The monoisotopic (exact) mass is 202 g/mol. The van der Waals surface area contributed by atoms with Gasteiger partial charge in [-0.05, 0) is 12.8 Å². The Morgan fingerprint density at radius 1 is 1.00 bits per heavy atom. The molecular formula is C11H26N2O. The molecule has 0 aromatic heterocycles. The van der Waals surface area contributed by atoms with Crippen molar-refractivity contribution < 1.29 is 4.74 Å². The van der Waals surface area contributed by atoms with Crippen LogP contribution in [-0.2, 0) is 4.74 Å². The van der Waals surface area contributed by atoms with E-state index in [2.05, 4.69) is 6.92 Å². The van der Waals surface area contributed by atoms with Gasteiger partial charge >= 0.3 is 0 Å². The second-order valence-electron chi connectivity index (χ2n) is 3.86. The predicted molar refractivity (Wildman–Crippen MR) is 61.0 cm³/mol. The molecule has 0 rings (SSSR count). The average molecular weight is 202 g/mol. The van der Waals surface area contributed by atoms with Crippen LogP contribution < -0.4 is 5.84 Å². The summed E-state index contributed by atoms with van der Waals surface area (Å²) in [5.41, 5.74) is 0. The molecular weight excluding hydrogens is 176 g/mol. The summed E-state index contributed by atoms with van der Waals surface area (Å²) < 4.78 is 5.48. The minimum atomic E-state index is 0.843. The lowest BCUT2D eigenvalue weighted by atomic mass is 10.2. The van der Waals surface area contributed by atoms with Crippen LogP contribution in [0.3, 0.4) is 0 Å². The molecule has 0 aromatic rings. The second kappa shape index (κ2) is 11.0. The quantitative estimate of drug-likeness (QED) is 0.335. The molecule has 0 aliphatic carbocycles. The van der Waals surface area contributed by atoms with Crippen molar-refractivity contribution in [2.24, 2.45) is 5.84 Å². The Morgan fingerprint density at radius 3 is 2.29 bits per heavy atom. The van der Waals surface area contributed by atoms with Crippen molar-refractivity contribution in [2.75, 3.05) is 26.8 Å². The first-order valence-corrected chi connectivity index (χ1v) is 5.81. The zero-order valence-electron chi connectivity index (χ0n) is 9.80. The number of rotatable bonds is 10. The summed E-state index contributed by atoms with van der Waals surface area (Å²) in [6.45, 7) is 4.91. The Hall–Kier alpha value is -0.120. The van der Waals surface area contributed by atoms with E-state index >= 15 is 0 Å². The van der Waals surface area contributed by atoms with Crippen LogP contribution in [-0.4, -0.2) is 31.8 Å². The van der Waals surface area contributed by atoms with Gasteiger partial charge in [0.1, 0.15) is 0 Å². The fourth-order valence-corrected chi connectivity index (χ4v) is 1.33. The standard InChI is InChI=1S/C11H26N2O/c1-3-4-5-6-7-10-14-11-8-9-13(2)12/h3-12H2,1-2H3. The van der Waals surface area contributed by atoms with E-state index in [-0.39, 0.29) is 0 Å². The second-order valence-corrected chi connectivity index (χ2v) is 3.86. The van der Waals surface area contributed by atoms with Crippen molar-refractivity contribution in [3.05, 3.63) is 0 Å². The van der Waals surface area contributed by atoms with Crippen LogP contribution in [0.2, 0.25) is 0 Å². The fraction of sp³-hybridized carbons (Fsp3) is 1.00. The molecule has 0 saturated heterocycles. The number of ether oxygens (including phenoxy) is 1. The van der Waals surface area contributed by atoms with Crippen molar-refractivity contribution in [3.8, 4) is 0 Å². The lowest BCUT2D eigenvalue weighted by Gasteiger charge is -2.09. The SMILES string of the molecule is CCCCCCCOCCCN(C)N. The van der Waals surface area contributed by atoms with Gasteiger partial charge in [0.25, 0.3) is 0 Å². The maximum Gasteiger partial charge on any atom is 0.0478 e. The topological polar surface area (TPSA) is 38.5 Å².